The summed E-state index contributed by atoms with van der Waals surface area (Å²) < 4.78 is 6.18. The molecule has 0 spiro atoms. The Hall–Kier alpha value is -3.13. The highest BCUT2D eigenvalue weighted by Gasteiger charge is 2.17. The van der Waals surface area contributed by atoms with Gasteiger partial charge in [-0.05, 0) is 55.4 Å². The van der Waals surface area contributed by atoms with E-state index in [9.17, 15) is 0 Å². The van der Waals surface area contributed by atoms with E-state index in [0.29, 0.717) is 23.2 Å². The number of hydrogen-bond acceptors (Lipinski definition) is 3. The fourth-order valence-corrected chi connectivity index (χ4v) is 4.04. The van der Waals surface area contributed by atoms with Gasteiger partial charge in [0.25, 0.3) is 0 Å². The third kappa shape index (κ3) is 4.07. The van der Waals surface area contributed by atoms with E-state index in [2.05, 4.69) is 27.5 Å². The predicted octanol–water partition coefficient (Wildman–Crippen LogP) is 4.83. The number of ether oxygens (including phenoxy) is 1. The van der Waals surface area contributed by atoms with Crippen molar-refractivity contribution < 1.29 is 4.74 Å². The minimum absolute atomic E-state index is 0.333. The standard InChI is InChI=1S/C21H17Cl2N3O.CH5N3/c22-11-2-4-17-13(8-11)15-10-16-14-9-12(23)3-5-18(14)26-20(16)21(19(15)25-17)27-7-1-6-24;2-1(3)4/h2-5,8-10,25-26H,1,6-7,24H2;(H5,2,3,4). The van der Waals surface area contributed by atoms with Crippen LogP contribution in [0.25, 0.3) is 43.6 Å². The molecule has 0 aliphatic rings. The van der Waals surface area contributed by atoms with Gasteiger partial charge in [-0.15, -0.1) is 0 Å². The molecule has 31 heavy (non-hydrogen) atoms. The fourth-order valence-electron chi connectivity index (χ4n) is 3.70. The number of hydrogen-bond donors (Lipinski definition) is 6. The van der Waals surface area contributed by atoms with Crippen LogP contribution in [0.1, 0.15) is 6.42 Å². The largest absolute Gasteiger partial charge is 0.489 e. The highest BCUT2D eigenvalue weighted by atomic mass is 35.5. The summed E-state index contributed by atoms with van der Waals surface area (Å²) in [7, 11) is 0. The van der Waals surface area contributed by atoms with Crippen LogP contribution in [0.5, 0.6) is 5.75 Å². The van der Waals surface area contributed by atoms with Crippen molar-refractivity contribution >= 4 is 72.8 Å². The Morgan fingerprint density at radius 2 is 1.32 bits per heavy atom. The number of guanidine groups is 1. The van der Waals surface area contributed by atoms with Crippen molar-refractivity contribution in [2.75, 3.05) is 13.2 Å². The number of nitrogens with two attached hydrogens (primary N) is 3. The van der Waals surface area contributed by atoms with E-state index < -0.39 is 0 Å². The van der Waals surface area contributed by atoms with E-state index in [4.69, 9.17) is 39.1 Å². The maximum Gasteiger partial charge on any atom is 0.183 e. The van der Waals surface area contributed by atoms with Gasteiger partial charge in [0.2, 0.25) is 0 Å². The maximum atomic E-state index is 6.25. The van der Waals surface area contributed by atoms with Gasteiger partial charge in [-0.1, -0.05) is 23.2 Å². The van der Waals surface area contributed by atoms with Crippen LogP contribution in [0, 0.1) is 5.41 Å². The molecule has 160 valence electrons. The van der Waals surface area contributed by atoms with Crippen LogP contribution in [-0.2, 0) is 0 Å². The third-order valence-electron chi connectivity index (χ3n) is 4.94. The number of rotatable bonds is 4. The lowest BCUT2D eigenvalue weighted by Gasteiger charge is -2.08. The minimum atomic E-state index is -0.333. The van der Waals surface area contributed by atoms with Gasteiger partial charge in [0.05, 0.1) is 17.6 Å². The second kappa shape index (κ2) is 8.55. The number of aromatic nitrogens is 2. The van der Waals surface area contributed by atoms with Crippen molar-refractivity contribution in [3.05, 3.63) is 52.5 Å². The van der Waals surface area contributed by atoms with E-state index in [0.717, 1.165) is 55.8 Å². The minimum Gasteiger partial charge on any atom is -0.489 e. The molecule has 0 radical (unpaired) electrons. The molecular formula is C22H22Cl2N6O. The molecule has 3 aromatic carbocycles. The molecule has 0 saturated heterocycles. The molecule has 0 bridgehead atoms. The highest BCUT2D eigenvalue weighted by molar-refractivity contribution is 6.33. The first kappa shape index (κ1) is 21.1. The summed E-state index contributed by atoms with van der Waals surface area (Å²) >= 11 is 12.5. The van der Waals surface area contributed by atoms with Gasteiger partial charge >= 0.3 is 0 Å². The quantitative estimate of drug-likeness (QED) is 0.131. The molecule has 0 saturated carbocycles. The molecule has 2 heterocycles. The lowest BCUT2D eigenvalue weighted by Crippen LogP contribution is -2.20. The second-order valence-electron chi connectivity index (χ2n) is 7.13. The average molecular weight is 457 g/mol. The van der Waals surface area contributed by atoms with Gasteiger partial charge in [0, 0.05) is 42.6 Å². The summed E-state index contributed by atoms with van der Waals surface area (Å²) in [6.45, 7) is 1.14. The molecular weight excluding hydrogens is 435 g/mol. The van der Waals surface area contributed by atoms with Crippen LogP contribution in [0.4, 0.5) is 0 Å². The van der Waals surface area contributed by atoms with Crippen molar-refractivity contribution in [3.63, 3.8) is 0 Å². The summed E-state index contributed by atoms with van der Waals surface area (Å²) in [5, 5.41) is 11.7. The first-order chi connectivity index (χ1) is 14.9. The Kier molecular flexibility index (Phi) is 5.82. The Morgan fingerprint density at radius 3 is 1.77 bits per heavy atom. The maximum absolute atomic E-state index is 6.25. The number of H-pyrrole nitrogens is 2. The summed E-state index contributed by atoms with van der Waals surface area (Å²) in [6.07, 6.45) is 0.788. The fraction of sp³-hybridized carbons (Fsp3) is 0.136. The van der Waals surface area contributed by atoms with Gasteiger partial charge in [-0.25, -0.2) is 0 Å². The second-order valence-corrected chi connectivity index (χ2v) is 8.00. The first-order valence-electron chi connectivity index (χ1n) is 9.66. The molecule has 7 nitrogen and oxygen atoms in total. The van der Waals surface area contributed by atoms with Crippen LogP contribution < -0.4 is 21.9 Å². The topological polar surface area (TPSA) is 143 Å². The van der Waals surface area contributed by atoms with Crippen LogP contribution in [0.3, 0.4) is 0 Å². The van der Waals surface area contributed by atoms with Gasteiger partial charge in [-0.2, -0.15) is 0 Å². The number of halogens is 2. The van der Waals surface area contributed by atoms with E-state index >= 15 is 0 Å². The summed E-state index contributed by atoms with van der Waals surface area (Å²) in [5.74, 6) is 0.468. The zero-order chi connectivity index (χ0) is 22.1. The zero-order valence-corrected chi connectivity index (χ0v) is 18.1. The summed E-state index contributed by atoms with van der Waals surface area (Å²) in [6, 6.07) is 13.9. The first-order valence-corrected chi connectivity index (χ1v) is 10.4. The molecule has 0 amide bonds. The number of aromatic amines is 2. The van der Waals surface area contributed by atoms with Crippen molar-refractivity contribution in [1.29, 1.82) is 5.41 Å². The molecule has 5 rings (SSSR count). The molecule has 2 aromatic heterocycles. The SMILES string of the molecule is N=C(N)N.NCCCOc1c2[nH]c3ccc(Cl)cc3c2cc2c1[nH]c1ccc(Cl)cc12. The van der Waals surface area contributed by atoms with Gasteiger partial charge in [0.1, 0.15) is 0 Å². The Labute approximate surface area is 187 Å². The monoisotopic (exact) mass is 456 g/mol. The average Bonchev–Trinajstić information content (AvgIpc) is 3.25. The number of nitrogens with one attached hydrogen (secondary N) is 3. The molecule has 0 aliphatic carbocycles. The normalized spacial score (nSPS) is 11.2. The van der Waals surface area contributed by atoms with Crippen molar-refractivity contribution in [2.24, 2.45) is 17.2 Å². The predicted molar refractivity (Wildman–Crippen MR) is 130 cm³/mol. The molecule has 5 aromatic rings. The number of fused-ring (bicyclic) bond motifs is 6. The van der Waals surface area contributed by atoms with E-state index in [1.54, 1.807) is 0 Å². The van der Waals surface area contributed by atoms with Crippen LogP contribution in [0.15, 0.2) is 42.5 Å². The molecule has 0 aliphatic heterocycles. The molecule has 0 unspecified atom stereocenters. The van der Waals surface area contributed by atoms with E-state index in [1.807, 2.05) is 36.4 Å². The Morgan fingerprint density at radius 1 is 0.839 bits per heavy atom. The number of benzene rings is 3. The molecule has 0 atom stereocenters. The van der Waals surface area contributed by atoms with Crippen molar-refractivity contribution in [2.45, 2.75) is 6.42 Å². The lowest BCUT2D eigenvalue weighted by molar-refractivity contribution is 0.319. The van der Waals surface area contributed by atoms with Gasteiger partial charge in [-0.3, -0.25) is 5.41 Å². The smallest absolute Gasteiger partial charge is 0.183 e. The van der Waals surface area contributed by atoms with Gasteiger partial charge < -0.3 is 31.9 Å². The summed E-state index contributed by atoms with van der Waals surface area (Å²) in [4.78, 5) is 6.98. The van der Waals surface area contributed by atoms with Crippen LogP contribution in [-0.4, -0.2) is 29.1 Å². The zero-order valence-electron chi connectivity index (χ0n) is 16.6. The summed E-state index contributed by atoms with van der Waals surface area (Å²) in [5.41, 5.74) is 18.5. The third-order valence-corrected chi connectivity index (χ3v) is 5.41. The molecule has 9 N–H and O–H groups in total. The van der Waals surface area contributed by atoms with E-state index in [1.165, 1.54) is 0 Å². The molecule has 9 heteroatoms. The van der Waals surface area contributed by atoms with Crippen molar-refractivity contribution in [1.82, 2.24) is 9.97 Å². The van der Waals surface area contributed by atoms with Crippen LogP contribution in [0.2, 0.25) is 10.0 Å². The van der Waals surface area contributed by atoms with Crippen molar-refractivity contribution in [3.8, 4) is 5.75 Å². The molecule has 0 fully saturated rings. The highest BCUT2D eigenvalue weighted by Crippen LogP contribution is 2.41. The lowest BCUT2D eigenvalue weighted by atomic mass is 10.1. The Balaban J connectivity index is 0.000000535. The Bertz CT molecular complexity index is 1320. The van der Waals surface area contributed by atoms with Crippen LogP contribution >= 0.6 is 23.2 Å². The van der Waals surface area contributed by atoms with Gasteiger partial charge in [0.15, 0.2) is 11.7 Å². The van der Waals surface area contributed by atoms with E-state index in [-0.39, 0.29) is 5.96 Å².